The Morgan fingerprint density at radius 3 is 2.50 bits per heavy atom. The van der Waals surface area contributed by atoms with Crippen molar-refractivity contribution in [2.24, 2.45) is 11.8 Å². The van der Waals surface area contributed by atoms with E-state index >= 15 is 0 Å². The second-order valence-corrected chi connectivity index (χ2v) is 3.53. The first-order chi connectivity index (χ1) is 5.79. The molecule has 0 N–H and O–H groups in total. The molecule has 0 aromatic heterocycles. The van der Waals surface area contributed by atoms with E-state index < -0.39 is 0 Å². The Bertz CT molecular complexity index is 198. The highest BCUT2D eigenvalue weighted by molar-refractivity contribution is 5.88. The SMILES string of the molecule is O=C1OCC[C@H]1[C@H]1CCCC1=O. The van der Waals surface area contributed by atoms with Gasteiger partial charge in [0.25, 0.3) is 0 Å². The van der Waals surface area contributed by atoms with Crippen LogP contribution in [0.1, 0.15) is 25.7 Å². The van der Waals surface area contributed by atoms with E-state index in [1.165, 1.54) is 0 Å². The molecule has 2 fully saturated rings. The van der Waals surface area contributed by atoms with Crippen LogP contribution < -0.4 is 0 Å². The maximum atomic E-state index is 11.3. The van der Waals surface area contributed by atoms with Crippen LogP contribution in [0, 0.1) is 11.8 Å². The molecule has 1 saturated carbocycles. The van der Waals surface area contributed by atoms with Crippen molar-refractivity contribution in [1.82, 2.24) is 0 Å². The Labute approximate surface area is 71.1 Å². The van der Waals surface area contributed by atoms with Crippen LogP contribution >= 0.6 is 0 Å². The van der Waals surface area contributed by atoms with Crippen LogP contribution in [-0.2, 0) is 14.3 Å². The van der Waals surface area contributed by atoms with Gasteiger partial charge in [0.05, 0.1) is 12.5 Å². The van der Waals surface area contributed by atoms with Crippen molar-refractivity contribution in [1.29, 1.82) is 0 Å². The molecule has 0 aromatic carbocycles. The molecule has 0 bridgehead atoms. The lowest BCUT2D eigenvalue weighted by atomic mass is 9.89. The maximum absolute atomic E-state index is 11.3. The smallest absolute Gasteiger partial charge is 0.309 e. The van der Waals surface area contributed by atoms with Crippen LogP contribution in [-0.4, -0.2) is 18.4 Å². The van der Waals surface area contributed by atoms with Gasteiger partial charge in [-0.2, -0.15) is 0 Å². The molecule has 0 unspecified atom stereocenters. The van der Waals surface area contributed by atoms with Crippen LogP contribution in [0.3, 0.4) is 0 Å². The minimum atomic E-state index is -0.157. The number of rotatable bonds is 1. The molecule has 2 aliphatic rings. The molecule has 0 radical (unpaired) electrons. The summed E-state index contributed by atoms with van der Waals surface area (Å²) >= 11 is 0. The van der Waals surface area contributed by atoms with Gasteiger partial charge in [-0.15, -0.1) is 0 Å². The van der Waals surface area contributed by atoms with E-state index in [0.29, 0.717) is 13.0 Å². The lowest BCUT2D eigenvalue weighted by Gasteiger charge is -2.11. The molecule has 1 saturated heterocycles. The number of carbonyl (C=O) groups is 2. The number of esters is 1. The summed E-state index contributed by atoms with van der Waals surface area (Å²) in [6.07, 6.45) is 3.25. The monoisotopic (exact) mass is 168 g/mol. The Kier molecular flexibility index (Phi) is 1.87. The summed E-state index contributed by atoms with van der Waals surface area (Å²) in [5.74, 6) is -0.0194. The number of hydrogen-bond donors (Lipinski definition) is 0. The highest BCUT2D eigenvalue weighted by atomic mass is 16.5. The average Bonchev–Trinajstić information content (AvgIpc) is 2.59. The highest BCUT2D eigenvalue weighted by Gasteiger charge is 2.39. The molecule has 0 amide bonds. The van der Waals surface area contributed by atoms with Crippen LogP contribution in [0.5, 0.6) is 0 Å². The zero-order valence-electron chi connectivity index (χ0n) is 6.91. The molecule has 0 aromatic rings. The van der Waals surface area contributed by atoms with Gasteiger partial charge in [0.1, 0.15) is 5.78 Å². The van der Waals surface area contributed by atoms with Gasteiger partial charge in [0.15, 0.2) is 0 Å². The summed E-state index contributed by atoms with van der Waals surface area (Å²) in [6.45, 7) is 0.507. The van der Waals surface area contributed by atoms with Gasteiger partial charge in [0.2, 0.25) is 0 Å². The molecule has 1 aliphatic carbocycles. The Hall–Kier alpha value is -0.860. The summed E-state index contributed by atoms with van der Waals surface area (Å²) in [6, 6.07) is 0. The van der Waals surface area contributed by atoms with Crippen LogP contribution in [0.2, 0.25) is 0 Å². The molecule has 2 atom stereocenters. The number of cyclic esters (lactones) is 1. The van der Waals surface area contributed by atoms with Gasteiger partial charge in [-0.05, 0) is 19.3 Å². The molecule has 3 nitrogen and oxygen atoms in total. The van der Waals surface area contributed by atoms with Gasteiger partial charge < -0.3 is 4.74 Å². The summed E-state index contributed by atoms with van der Waals surface area (Å²) < 4.78 is 4.84. The standard InChI is InChI=1S/C9H12O3/c10-8-3-1-2-6(8)7-4-5-12-9(7)11/h6-7H,1-5H2/t6-,7+/m1/s1. The van der Waals surface area contributed by atoms with Crippen LogP contribution in [0.4, 0.5) is 0 Å². The first kappa shape index (κ1) is 7.77. The van der Waals surface area contributed by atoms with Crippen molar-refractivity contribution in [2.75, 3.05) is 6.61 Å². The second kappa shape index (κ2) is 2.88. The Balaban J connectivity index is 2.08. The largest absolute Gasteiger partial charge is 0.465 e. The fraction of sp³-hybridized carbons (Fsp3) is 0.778. The van der Waals surface area contributed by atoms with E-state index in [-0.39, 0.29) is 23.6 Å². The predicted octanol–water partition coefficient (Wildman–Crippen LogP) is 0.919. The van der Waals surface area contributed by atoms with Crippen LogP contribution in [0.15, 0.2) is 0 Å². The van der Waals surface area contributed by atoms with E-state index in [1.807, 2.05) is 0 Å². The highest BCUT2D eigenvalue weighted by Crippen LogP contribution is 2.33. The number of carbonyl (C=O) groups excluding carboxylic acids is 2. The van der Waals surface area contributed by atoms with E-state index in [0.717, 1.165) is 19.3 Å². The lowest BCUT2D eigenvalue weighted by Crippen LogP contribution is -2.22. The van der Waals surface area contributed by atoms with E-state index in [4.69, 9.17) is 4.74 Å². The first-order valence-electron chi connectivity index (χ1n) is 4.48. The third-order valence-electron chi connectivity index (χ3n) is 2.81. The first-order valence-corrected chi connectivity index (χ1v) is 4.48. The molecule has 66 valence electrons. The number of ether oxygens (including phenoxy) is 1. The lowest BCUT2D eigenvalue weighted by molar-refractivity contribution is -0.144. The Morgan fingerprint density at radius 1 is 1.17 bits per heavy atom. The minimum absolute atomic E-state index is 0.0139. The Morgan fingerprint density at radius 2 is 2.00 bits per heavy atom. The van der Waals surface area contributed by atoms with Crippen molar-refractivity contribution in [3.05, 3.63) is 0 Å². The number of ketones is 1. The second-order valence-electron chi connectivity index (χ2n) is 3.53. The molecule has 12 heavy (non-hydrogen) atoms. The third kappa shape index (κ3) is 1.13. The van der Waals surface area contributed by atoms with Crippen molar-refractivity contribution in [3.63, 3.8) is 0 Å². The molecule has 3 heteroatoms. The summed E-state index contributed by atoms with van der Waals surface area (Å²) in [4.78, 5) is 22.4. The van der Waals surface area contributed by atoms with Gasteiger partial charge >= 0.3 is 5.97 Å². The van der Waals surface area contributed by atoms with E-state index in [2.05, 4.69) is 0 Å². The quantitative estimate of drug-likeness (QED) is 0.547. The zero-order chi connectivity index (χ0) is 8.55. The van der Waals surface area contributed by atoms with Crippen molar-refractivity contribution < 1.29 is 14.3 Å². The average molecular weight is 168 g/mol. The van der Waals surface area contributed by atoms with Crippen molar-refractivity contribution in [3.8, 4) is 0 Å². The van der Waals surface area contributed by atoms with Gasteiger partial charge in [0, 0.05) is 12.3 Å². The number of hydrogen-bond acceptors (Lipinski definition) is 3. The van der Waals surface area contributed by atoms with Crippen molar-refractivity contribution >= 4 is 11.8 Å². The van der Waals surface area contributed by atoms with Crippen LogP contribution in [0.25, 0.3) is 0 Å². The molecular weight excluding hydrogens is 156 g/mol. The molecule has 0 spiro atoms. The van der Waals surface area contributed by atoms with E-state index in [9.17, 15) is 9.59 Å². The molecule has 1 heterocycles. The third-order valence-corrected chi connectivity index (χ3v) is 2.81. The molecule has 1 aliphatic heterocycles. The summed E-state index contributed by atoms with van der Waals surface area (Å²) in [5, 5.41) is 0. The fourth-order valence-corrected chi connectivity index (χ4v) is 2.14. The summed E-state index contributed by atoms with van der Waals surface area (Å²) in [5.41, 5.74) is 0. The van der Waals surface area contributed by atoms with Gasteiger partial charge in [-0.25, -0.2) is 0 Å². The predicted molar refractivity (Wildman–Crippen MR) is 41.4 cm³/mol. The fourth-order valence-electron chi connectivity index (χ4n) is 2.14. The van der Waals surface area contributed by atoms with Crippen molar-refractivity contribution in [2.45, 2.75) is 25.7 Å². The van der Waals surface area contributed by atoms with Gasteiger partial charge in [-0.3, -0.25) is 9.59 Å². The normalized spacial score (nSPS) is 35.7. The molecule has 2 rings (SSSR count). The zero-order valence-corrected chi connectivity index (χ0v) is 6.91. The topological polar surface area (TPSA) is 43.4 Å². The van der Waals surface area contributed by atoms with Gasteiger partial charge in [-0.1, -0.05) is 0 Å². The number of Topliss-reactive ketones (excluding diaryl/α,β-unsaturated/α-hetero) is 1. The maximum Gasteiger partial charge on any atom is 0.309 e. The summed E-state index contributed by atoms with van der Waals surface area (Å²) in [7, 11) is 0. The minimum Gasteiger partial charge on any atom is -0.465 e. The van der Waals surface area contributed by atoms with E-state index in [1.54, 1.807) is 0 Å². The molecular formula is C9H12O3.